The number of aryl methyl sites for hydroxylation is 1. The first-order valence-electron chi connectivity index (χ1n) is 5.77. The Kier molecular flexibility index (Phi) is 2.28. The molecule has 0 saturated heterocycles. The normalized spacial score (nSPS) is 16.7. The zero-order valence-corrected chi connectivity index (χ0v) is 9.47. The summed E-state index contributed by atoms with van der Waals surface area (Å²) in [7, 11) is 0. The molecule has 0 spiro atoms. The zero-order chi connectivity index (χ0) is 11.8. The van der Waals surface area contributed by atoms with Gasteiger partial charge in [-0.05, 0) is 30.7 Å². The Morgan fingerprint density at radius 3 is 3.12 bits per heavy atom. The summed E-state index contributed by atoms with van der Waals surface area (Å²) in [6.45, 7) is 1.78. The number of aromatic nitrogens is 1. The van der Waals surface area contributed by atoms with Gasteiger partial charge in [0, 0.05) is 23.6 Å². The van der Waals surface area contributed by atoms with Crippen molar-refractivity contribution in [2.24, 2.45) is 0 Å². The molecule has 0 bridgehead atoms. The van der Waals surface area contributed by atoms with E-state index < -0.39 is 5.97 Å². The van der Waals surface area contributed by atoms with Crippen molar-refractivity contribution in [3.05, 3.63) is 41.4 Å². The van der Waals surface area contributed by atoms with Gasteiger partial charge >= 0.3 is 5.97 Å². The van der Waals surface area contributed by atoms with E-state index in [-0.39, 0.29) is 6.42 Å². The van der Waals surface area contributed by atoms with Crippen LogP contribution in [0.4, 0.5) is 0 Å². The Morgan fingerprint density at radius 2 is 2.29 bits per heavy atom. The molecule has 2 aliphatic heterocycles. The summed E-state index contributed by atoms with van der Waals surface area (Å²) in [5.41, 5.74) is 3.52. The van der Waals surface area contributed by atoms with Gasteiger partial charge < -0.3 is 14.6 Å². The van der Waals surface area contributed by atoms with E-state index in [4.69, 9.17) is 5.11 Å². The number of hydrogen-bond donors (Lipinski definition) is 1. The Hall–Kier alpha value is -1.97. The zero-order valence-electron chi connectivity index (χ0n) is 9.47. The quantitative estimate of drug-likeness (QED) is 0.859. The molecule has 0 fully saturated rings. The average molecular weight is 230 g/mol. The van der Waals surface area contributed by atoms with Crippen LogP contribution in [0, 0.1) is 0 Å². The summed E-state index contributed by atoms with van der Waals surface area (Å²) in [5, 5.41) is 8.72. The number of nitrogens with zero attached hydrogens (tertiary/aromatic N) is 2. The average Bonchev–Trinajstić information content (AvgIpc) is 2.88. The number of carbonyl (C=O) groups is 1. The van der Waals surface area contributed by atoms with Crippen molar-refractivity contribution in [3.63, 3.8) is 0 Å². The Labute approximate surface area is 99.5 Å². The highest BCUT2D eigenvalue weighted by Crippen LogP contribution is 2.26. The number of carboxylic acids is 1. The predicted molar refractivity (Wildman–Crippen MR) is 64.2 cm³/mol. The van der Waals surface area contributed by atoms with Gasteiger partial charge in [0.15, 0.2) is 0 Å². The molecule has 0 radical (unpaired) electrons. The molecule has 17 heavy (non-hydrogen) atoms. The van der Waals surface area contributed by atoms with Gasteiger partial charge in [0.25, 0.3) is 0 Å². The van der Waals surface area contributed by atoms with Crippen LogP contribution in [-0.2, 0) is 17.9 Å². The Morgan fingerprint density at radius 1 is 1.41 bits per heavy atom. The maximum absolute atomic E-state index is 10.6. The standard InChI is InChI=1S/C13H14N2O2/c16-13(17)6-5-10-3-4-12-8-11-2-1-7-14(11)9-15(10)12/h1-4,8H,5-7,9H2,(H,16,17). The van der Waals surface area contributed by atoms with Crippen molar-refractivity contribution in [2.45, 2.75) is 19.5 Å². The lowest BCUT2D eigenvalue weighted by Crippen LogP contribution is -2.27. The molecule has 0 unspecified atom stereocenters. The number of carboxylic acid groups (broad SMARTS) is 1. The first kappa shape index (κ1) is 10.2. The highest BCUT2D eigenvalue weighted by Gasteiger charge is 2.20. The fourth-order valence-electron chi connectivity index (χ4n) is 2.39. The number of rotatable bonds is 3. The summed E-state index contributed by atoms with van der Waals surface area (Å²) in [5.74, 6) is -0.740. The molecule has 2 aliphatic rings. The molecule has 0 aliphatic carbocycles. The molecular weight excluding hydrogens is 216 g/mol. The van der Waals surface area contributed by atoms with E-state index in [1.807, 2.05) is 6.07 Å². The fourth-order valence-corrected chi connectivity index (χ4v) is 2.39. The van der Waals surface area contributed by atoms with Crippen LogP contribution < -0.4 is 0 Å². The van der Waals surface area contributed by atoms with Gasteiger partial charge in [-0.15, -0.1) is 0 Å². The summed E-state index contributed by atoms with van der Waals surface area (Å²) in [6, 6.07) is 4.09. The van der Waals surface area contributed by atoms with Gasteiger partial charge in [0.2, 0.25) is 0 Å². The lowest BCUT2D eigenvalue weighted by molar-refractivity contribution is -0.136. The molecule has 0 atom stereocenters. The summed E-state index contributed by atoms with van der Waals surface area (Å²) in [6.07, 6.45) is 7.22. The van der Waals surface area contributed by atoms with E-state index in [0.717, 1.165) is 18.9 Å². The molecule has 3 heterocycles. The first-order valence-corrected chi connectivity index (χ1v) is 5.77. The maximum Gasteiger partial charge on any atom is 0.303 e. The molecule has 1 N–H and O–H groups in total. The second kappa shape index (κ2) is 3.80. The van der Waals surface area contributed by atoms with Gasteiger partial charge in [-0.25, -0.2) is 0 Å². The van der Waals surface area contributed by atoms with Crippen LogP contribution in [-0.4, -0.2) is 27.1 Å². The van der Waals surface area contributed by atoms with E-state index in [2.05, 4.69) is 33.8 Å². The van der Waals surface area contributed by atoms with E-state index in [0.29, 0.717) is 6.42 Å². The van der Waals surface area contributed by atoms with Crippen LogP contribution in [0.5, 0.6) is 0 Å². The molecular formula is C13H14N2O2. The van der Waals surface area contributed by atoms with Crippen molar-refractivity contribution in [1.82, 2.24) is 9.47 Å². The van der Waals surface area contributed by atoms with Crippen LogP contribution in [0.15, 0.2) is 30.0 Å². The monoisotopic (exact) mass is 230 g/mol. The Balaban J connectivity index is 1.87. The molecule has 0 saturated carbocycles. The predicted octanol–water partition coefficient (Wildman–Crippen LogP) is 1.69. The lowest BCUT2D eigenvalue weighted by atomic mass is 10.2. The molecule has 4 nitrogen and oxygen atoms in total. The molecule has 0 aromatic carbocycles. The summed E-state index contributed by atoms with van der Waals surface area (Å²) in [4.78, 5) is 12.9. The Bertz CT molecular complexity index is 526. The van der Waals surface area contributed by atoms with E-state index in [1.165, 1.54) is 11.4 Å². The molecule has 4 heteroatoms. The molecule has 1 aromatic rings. The largest absolute Gasteiger partial charge is 0.481 e. The molecule has 0 amide bonds. The van der Waals surface area contributed by atoms with Crippen molar-refractivity contribution in [2.75, 3.05) is 6.54 Å². The van der Waals surface area contributed by atoms with Crippen LogP contribution >= 0.6 is 0 Å². The summed E-state index contributed by atoms with van der Waals surface area (Å²) >= 11 is 0. The van der Waals surface area contributed by atoms with Crippen molar-refractivity contribution < 1.29 is 9.90 Å². The fraction of sp³-hybridized carbons (Fsp3) is 0.308. The number of aliphatic carboxylic acids is 1. The van der Waals surface area contributed by atoms with E-state index in [9.17, 15) is 4.79 Å². The first-order chi connectivity index (χ1) is 8.24. The van der Waals surface area contributed by atoms with E-state index >= 15 is 0 Å². The van der Waals surface area contributed by atoms with Crippen LogP contribution in [0.25, 0.3) is 6.08 Å². The minimum atomic E-state index is -0.740. The smallest absolute Gasteiger partial charge is 0.303 e. The van der Waals surface area contributed by atoms with Gasteiger partial charge in [-0.3, -0.25) is 4.79 Å². The van der Waals surface area contributed by atoms with Gasteiger partial charge in [-0.1, -0.05) is 6.08 Å². The van der Waals surface area contributed by atoms with E-state index in [1.54, 1.807) is 0 Å². The lowest BCUT2D eigenvalue weighted by Gasteiger charge is -2.27. The topological polar surface area (TPSA) is 45.5 Å². The maximum atomic E-state index is 10.6. The molecule has 3 rings (SSSR count). The minimum Gasteiger partial charge on any atom is -0.481 e. The van der Waals surface area contributed by atoms with Crippen LogP contribution in [0.1, 0.15) is 17.8 Å². The SMILES string of the molecule is O=C(O)CCc1ccc2n1CN1CC=CC1=C2. The third kappa shape index (κ3) is 1.75. The van der Waals surface area contributed by atoms with Gasteiger partial charge in [-0.2, -0.15) is 0 Å². The highest BCUT2D eigenvalue weighted by atomic mass is 16.4. The second-order valence-corrected chi connectivity index (χ2v) is 4.41. The van der Waals surface area contributed by atoms with Crippen LogP contribution in [0.3, 0.4) is 0 Å². The number of fused-ring (bicyclic) bond motifs is 2. The van der Waals surface area contributed by atoms with Gasteiger partial charge in [0.1, 0.15) is 0 Å². The van der Waals surface area contributed by atoms with Crippen molar-refractivity contribution in [1.29, 1.82) is 0 Å². The molecule has 1 aromatic heterocycles. The molecule has 88 valence electrons. The van der Waals surface area contributed by atoms with Crippen molar-refractivity contribution in [3.8, 4) is 0 Å². The number of allylic oxidation sites excluding steroid dienone is 1. The number of hydrogen-bond acceptors (Lipinski definition) is 2. The third-order valence-corrected chi connectivity index (χ3v) is 3.29. The minimum absolute atomic E-state index is 0.193. The second-order valence-electron chi connectivity index (χ2n) is 4.41. The summed E-state index contributed by atoms with van der Waals surface area (Å²) < 4.78 is 2.19. The van der Waals surface area contributed by atoms with Crippen LogP contribution in [0.2, 0.25) is 0 Å². The van der Waals surface area contributed by atoms with Gasteiger partial charge in [0.05, 0.1) is 13.1 Å². The highest BCUT2D eigenvalue weighted by molar-refractivity contribution is 5.67. The van der Waals surface area contributed by atoms with Crippen molar-refractivity contribution >= 4 is 12.0 Å². The third-order valence-electron chi connectivity index (χ3n) is 3.29.